The topological polar surface area (TPSA) is 71.4 Å². The van der Waals surface area contributed by atoms with Crippen molar-refractivity contribution in [3.05, 3.63) is 41.7 Å². The molecule has 0 spiro atoms. The Kier molecular flexibility index (Phi) is 2.76. The van der Waals surface area contributed by atoms with Crippen LogP contribution in [0.2, 0.25) is 5.15 Å². The van der Waals surface area contributed by atoms with E-state index in [0.29, 0.717) is 22.0 Å². The molecule has 1 aliphatic heterocycles. The highest BCUT2D eigenvalue weighted by Gasteiger charge is 2.21. The Hall–Kier alpha value is -1.92. The Morgan fingerprint density at radius 2 is 2.05 bits per heavy atom. The lowest BCUT2D eigenvalue weighted by Gasteiger charge is -2.13. The Balaban J connectivity index is 2.23. The smallest absolute Gasteiger partial charge is 0.264 e. The van der Waals surface area contributed by atoms with Crippen LogP contribution in [0.3, 0.4) is 0 Å². The molecule has 5 nitrogen and oxygen atoms in total. The van der Waals surface area contributed by atoms with Gasteiger partial charge >= 0.3 is 0 Å². The third-order valence-corrected chi connectivity index (χ3v) is 4.35. The molecule has 0 radical (unpaired) electrons. The van der Waals surface area contributed by atoms with Crippen LogP contribution in [0.4, 0.5) is 5.69 Å². The van der Waals surface area contributed by atoms with Crippen molar-refractivity contribution in [2.24, 2.45) is 4.99 Å². The number of aliphatic imine (C=N–C) groups is 1. The normalized spacial score (nSPS) is 15.6. The van der Waals surface area contributed by atoms with Gasteiger partial charge in [0, 0.05) is 11.8 Å². The first kappa shape index (κ1) is 12.1. The molecule has 2 heterocycles. The summed E-state index contributed by atoms with van der Waals surface area (Å²) in [4.78, 5) is 8.09. The SMILES string of the molecule is O=S1(=O)NC=Nc2ccc(-c3cccnc3Cl)cc21. The first-order valence-corrected chi connectivity index (χ1v) is 7.24. The van der Waals surface area contributed by atoms with E-state index in [2.05, 4.69) is 14.7 Å². The van der Waals surface area contributed by atoms with Gasteiger partial charge in [0.05, 0.1) is 5.69 Å². The number of hydrogen-bond donors (Lipinski definition) is 1. The van der Waals surface area contributed by atoms with Gasteiger partial charge in [-0.15, -0.1) is 0 Å². The van der Waals surface area contributed by atoms with Crippen LogP contribution in [0.5, 0.6) is 0 Å². The minimum absolute atomic E-state index is 0.132. The van der Waals surface area contributed by atoms with Crippen molar-refractivity contribution < 1.29 is 8.42 Å². The molecule has 0 atom stereocenters. The van der Waals surface area contributed by atoms with Gasteiger partial charge in [0.15, 0.2) is 0 Å². The summed E-state index contributed by atoms with van der Waals surface area (Å²) in [5, 5.41) is 0.326. The molecule has 0 aliphatic carbocycles. The molecule has 96 valence electrons. The number of benzene rings is 1. The second-order valence-electron chi connectivity index (χ2n) is 3.90. The van der Waals surface area contributed by atoms with Gasteiger partial charge in [-0.05, 0) is 29.8 Å². The quantitative estimate of drug-likeness (QED) is 0.820. The third kappa shape index (κ3) is 2.09. The number of fused-ring (bicyclic) bond motifs is 1. The van der Waals surface area contributed by atoms with Gasteiger partial charge in [0.2, 0.25) is 0 Å². The molecule has 0 saturated carbocycles. The summed E-state index contributed by atoms with van der Waals surface area (Å²) in [6.07, 6.45) is 2.74. The van der Waals surface area contributed by atoms with E-state index in [9.17, 15) is 8.42 Å². The monoisotopic (exact) mass is 293 g/mol. The molecule has 0 unspecified atom stereocenters. The van der Waals surface area contributed by atoms with Gasteiger partial charge in [-0.2, -0.15) is 0 Å². The maximum Gasteiger partial charge on any atom is 0.264 e. The lowest BCUT2D eigenvalue weighted by Crippen LogP contribution is -2.24. The first-order valence-electron chi connectivity index (χ1n) is 5.38. The summed E-state index contributed by atoms with van der Waals surface area (Å²) in [7, 11) is -3.55. The Labute approximate surface area is 115 Å². The third-order valence-electron chi connectivity index (χ3n) is 2.73. The summed E-state index contributed by atoms with van der Waals surface area (Å²) in [6.45, 7) is 0. The molecular weight excluding hydrogens is 286 g/mol. The second-order valence-corrected chi connectivity index (χ2v) is 5.94. The van der Waals surface area contributed by atoms with Gasteiger partial charge in [0.1, 0.15) is 16.4 Å². The maximum absolute atomic E-state index is 11.9. The van der Waals surface area contributed by atoms with Crippen LogP contribution in [0.25, 0.3) is 11.1 Å². The Bertz CT molecular complexity index is 787. The minimum atomic E-state index is -3.55. The first-order chi connectivity index (χ1) is 9.08. The number of nitrogens with one attached hydrogen (secondary N) is 1. The highest BCUT2D eigenvalue weighted by atomic mass is 35.5. The number of halogens is 1. The van der Waals surface area contributed by atoms with Gasteiger partial charge < -0.3 is 0 Å². The van der Waals surface area contributed by atoms with E-state index in [1.807, 2.05) is 0 Å². The van der Waals surface area contributed by atoms with Crippen LogP contribution in [0, 0.1) is 0 Å². The summed E-state index contributed by atoms with van der Waals surface area (Å²) in [5.74, 6) is 0. The van der Waals surface area contributed by atoms with Crippen molar-refractivity contribution in [1.82, 2.24) is 9.71 Å². The molecule has 1 aromatic heterocycles. The summed E-state index contributed by atoms with van der Waals surface area (Å²) in [5.41, 5.74) is 1.76. The van der Waals surface area contributed by atoms with Gasteiger partial charge in [-0.1, -0.05) is 17.7 Å². The van der Waals surface area contributed by atoms with Crippen LogP contribution in [-0.2, 0) is 10.0 Å². The maximum atomic E-state index is 11.9. The van der Waals surface area contributed by atoms with Crippen LogP contribution >= 0.6 is 11.6 Å². The van der Waals surface area contributed by atoms with E-state index in [1.54, 1.807) is 30.5 Å². The highest BCUT2D eigenvalue weighted by molar-refractivity contribution is 7.90. The van der Waals surface area contributed by atoms with Crippen molar-refractivity contribution in [3.63, 3.8) is 0 Å². The van der Waals surface area contributed by atoms with Crippen molar-refractivity contribution in [1.29, 1.82) is 0 Å². The van der Waals surface area contributed by atoms with Crippen molar-refractivity contribution in [3.8, 4) is 11.1 Å². The largest absolute Gasteiger partial charge is 0.270 e. The Morgan fingerprint density at radius 3 is 2.84 bits per heavy atom. The molecule has 0 fully saturated rings. The number of aromatic nitrogens is 1. The number of pyridine rings is 1. The van der Waals surface area contributed by atoms with Crippen LogP contribution in [-0.4, -0.2) is 19.7 Å². The van der Waals surface area contributed by atoms with E-state index in [0.717, 1.165) is 6.34 Å². The lowest BCUT2D eigenvalue weighted by molar-refractivity contribution is 0.592. The predicted octanol–water partition coefficient (Wildman–Crippen LogP) is 2.35. The highest BCUT2D eigenvalue weighted by Crippen LogP contribution is 2.33. The number of nitrogens with zero attached hydrogens (tertiary/aromatic N) is 2. The van der Waals surface area contributed by atoms with Gasteiger partial charge in [-0.25, -0.2) is 18.4 Å². The van der Waals surface area contributed by atoms with E-state index in [-0.39, 0.29) is 4.90 Å². The summed E-state index contributed by atoms with van der Waals surface area (Å²) >= 11 is 6.01. The summed E-state index contributed by atoms with van der Waals surface area (Å²) < 4.78 is 26.0. The molecule has 1 N–H and O–H groups in total. The average Bonchev–Trinajstić information content (AvgIpc) is 2.39. The Morgan fingerprint density at radius 1 is 1.21 bits per heavy atom. The number of hydrogen-bond acceptors (Lipinski definition) is 4. The fourth-order valence-electron chi connectivity index (χ4n) is 1.83. The predicted molar refractivity (Wildman–Crippen MR) is 73.2 cm³/mol. The molecular formula is C12H8ClN3O2S. The molecule has 3 rings (SSSR count). The second kappa shape index (κ2) is 4.32. The fourth-order valence-corrected chi connectivity index (χ4v) is 3.06. The van der Waals surface area contributed by atoms with Crippen LogP contribution in [0.15, 0.2) is 46.4 Å². The fraction of sp³-hybridized carbons (Fsp3) is 0. The molecule has 0 saturated heterocycles. The molecule has 0 bridgehead atoms. The standard InChI is InChI=1S/C12H8ClN3O2S/c13-12-9(2-1-5-14-12)8-3-4-10-11(6-8)19(17,18)16-7-15-10/h1-7H,(H,15,16). The molecule has 7 heteroatoms. The number of rotatable bonds is 1. The van der Waals surface area contributed by atoms with Gasteiger partial charge in [-0.3, -0.25) is 4.72 Å². The minimum Gasteiger partial charge on any atom is -0.270 e. The van der Waals surface area contributed by atoms with Crippen LogP contribution in [0.1, 0.15) is 0 Å². The molecule has 1 aliphatic rings. The molecule has 1 aromatic carbocycles. The van der Waals surface area contributed by atoms with Crippen molar-refractivity contribution in [2.45, 2.75) is 4.90 Å². The number of sulfonamides is 1. The molecule has 0 amide bonds. The van der Waals surface area contributed by atoms with Crippen molar-refractivity contribution >= 4 is 33.7 Å². The summed E-state index contributed by atoms with van der Waals surface area (Å²) in [6, 6.07) is 8.47. The van der Waals surface area contributed by atoms with E-state index < -0.39 is 10.0 Å². The van der Waals surface area contributed by atoms with E-state index >= 15 is 0 Å². The van der Waals surface area contributed by atoms with Gasteiger partial charge in [0.25, 0.3) is 10.0 Å². The average molecular weight is 294 g/mol. The molecule has 2 aromatic rings. The van der Waals surface area contributed by atoms with E-state index in [4.69, 9.17) is 11.6 Å². The van der Waals surface area contributed by atoms with Crippen LogP contribution < -0.4 is 4.72 Å². The zero-order valence-corrected chi connectivity index (χ0v) is 11.1. The zero-order valence-electron chi connectivity index (χ0n) is 9.54. The van der Waals surface area contributed by atoms with Crippen molar-refractivity contribution in [2.75, 3.05) is 0 Å². The molecule has 19 heavy (non-hydrogen) atoms. The zero-order chi connectivity index (χ0) is 13.5. The van der Waals surface area contributed by atoms with E-state index in [1.165, 1.54) is 6.07 Å². The lowest BCUT2D eigenvalue weighted by atomic mass is 10.1.